The molecule has 1 aliphatic rings. The van der Waals surface area contributed by atoms with E-state index in [2.05, 4.69) is 29.1 Å². The molecule has 0 aliphatic carbocycles. The first-order valence-corrected chi connectivity index (χ1v) is 8.41. The minimum atomic E-state index is -0.525. The number of nitrogens with two attached hydrogens (primary N) is 1. The van der Waals surface area contributed by atoms with Gasteiger partial charge in [0.25, 0.3) is 0 Å². The normalized spacial score (nSPS) is 20.5. The van der Waals surface area contributed by atoms with Gasteiger partial charge in [-0.2, -0.15) is 9.97 Å². The lowest BCUT2D eigenvalue weighted by Crippen LogP contribution is -2.39. The standard InChI is InChI=1S/C15H26N6O4/c1-10-7-11(2)9-20(8-10)14-12(21(23)24)13(16)18-15(19-14)17-3-5-25-6-4-22/h10-11,22H,3-9H2,1-2H3,(H3,16,17,18,19)/t10-,11+. The molecule has 25 heavy (non-hydrogen) atoms. The number of hydrogen-bond acceptors (Lipinski definition) is 9. The molecule has 0 unspecified atom stereocenters. The fraction of sp³-hybridized carbons (Fsp3) is 0.733. The number of rotatable bonds is 8. The van der Waals surface area contributed by atoms with Crippen LogP contribution in [-0.2, 0) is 4.74 Å². The summed E-state index contributed by atoms with van der Waals surface area (Å²) in [6, 6.07) is 0. The number of nitrogens with one attached hydrogen (secondary N) is 1. The van der Waals surface area contributed by atoms with Crippen LogP contribution in [-0.4, -0.2) is 59.5 Å². The zero-order valence-electron chi connectivity index (χ0n) is 14.6. The maximum atomic E-state index is 11.4. The molecule has 2 heterocycles. The van der Waals surface area contributed by atoms with E-state index in [1.165, 1.54) is 0 Å². The van der Waals surface area contributed by atoms with Gasteiger partial charge in [-0.3, -0.25) is 10.1 Å². The summed E-state index contributed by atoms with van der Waals surface area (Å²) in [7, 11) is 0. The number of aliphatic hydroxyl groups excluding tert-OH is 1. The molecule has 1 fully saturated rings. The number of anilines is 3. The van der Waals surface area contributed by atoms with Crippen molar-refractivity contribution < 1.29 is 14.8 Å². The fourth-order valence-corrected chi connectivity index (χ4v) is 3.17. The first-order chi connectivity index (χ1) is 11.9. The third-order valence-electron chi connectivity index (χ3n) is 4.01. The average molecular weight is 354 g/mol. The quantitative estimate of drug-likeness (QED) is 0.352. The van der Waals surface area contributed by atoms with E-state index >= 15 is 0 Å². The van der Waals surface area contributed by atoms with Gasteiger partial charge in [0.2, 0.25) is 17.6 Å². The lowest BCUT2D eigenvalue weighted by Gasteiger charge is -2.35. The predicted molar refractivity (Wildman–Crippen MR) is 94.7 cm³/mol. The molecule has 1 aliphatic heterocycles. The number of piperidine rings is 1. The topological polar surface area (TPSA) is 140 Å². The molecule has 2 rings (SSSR count). The van der Waals surface area contributed by atoms with E-state index in [0.29, 0.717) is 38.1 Å². The number of aromatic nitrogens is 2. The summed E-state index contributed by atoms with van der Waals surface area (Å²) in [5.74, 6) is 1.18. The number of nitrogen functional groups attached to an aromatic ring is 1. The maximum absolute atomic E-state index is 11.4. The Labute approximate surface area is 146 Å². The van der Waals surface area contributed by atoms with Crippen LogP contribution in [0.5, 0.6) is 0 Å². The van der Waals surface area contributed by atoms with Gasteiger partial charge in [0, 0.05) is 19.6 Å². The molecular weight excluding hydrogens is 328 g/mol. The number of nitro groups is 1. The monoisotopic (exact) mass is 354 g/mol. The minimum absolute atomic E-state index is 0.0452. The number of aliphatic hydroxyl groups is 1. The average Bonchev–Trinajstić information content (AvgIpc) is 2.52. The number of ether oxygens (including phenoxy) is 1. The van der Waals surface area contributed by atoms with Gasteiger partial charge in [-0.15, -0.1) is 0 Å². The van der Waals surface area contributed by atoms with Gasteiger partial charge in [0.1, 0.15) is 0 Å². The van der Waals surface area contributed by atoms with Crippen LogP contribution in [0.1, 0.15) is 20.3 Å². The van der Waals surface area contributed by atoms with E-state index in [9.17, 15) is 10.1 Å². The third-order valence-corrected chi connectivity index (χ3v) is 4.01. The zero-order valence-corrected chi connectivity index (χ0v) is 14.6. The minimum Gasteiger partial charge on any atom is -0.394 e. The van der Waals surface area contributed by atoms with E-state index in [0.717, 1.165) is 6.42 Å². The van der Waals surface area contributed by atoms with Crippen molar-refractivity contribution >= 4 is 23.3 Å². The van der Waals surface area contributed by atoms with Gasteiger partial charge in [0.05, 0.1) is 24.7 Å². The van der Waals surface area contributed by atoms with Gasteiger partial charge in [-0.1, -0.05) is 13.8 Å². The van der Waals surface area contributed by atoms with Crippen molar-refractivity contribution in [1.29, 1.82) is 0 Å². The molecular formula is C15H26N6O4. The van der Waals surface area contributed by atoms with Crippen LogP contribution in [0.15, 0.2) is 0 Å². The van der Waals surface area contributed by atoms with Crippen molar-refractivity contribution in [1.82, 2.24) is 9.97 Å². The number of nitrogens with zero attached hydrogens (tertiary/aromatic N) is 4. The molecule has 0 saturated carbocycles. The largest absolute Gasteiger partial charge is 0.394 e. The Morgan fingerprint density at radius 3 is 2.64 bits per heavy atom. The summed E-state index contributed by atoms with van der Waals surface area (Å²) in [5, 5.41) is 23.1. The smallest absolute Gasteiger partial charge is 0.353 e. The maximum Gasteiger partial charge on any atom is 0.353 e. The van der Waals surface area contributed by atoms with Crippen LogP contribution in [0.4, 0.5) is 23.3 Å². The number of hydrogen-bond donors (Lipinski definition) is 3. The Morgan fingerprint density at radius 1 is 1.36 bits per heavy atom. The molecule has 4 N–H and O–H groups in total. The highest BCUT2D eigenvalue weighted by molar-refractivity contribution is 5.71. The summed E-state index contributed by atoms with van der Waals surface area (Å²) in [5.41, 5.74) is 5.58. The van der Waals surface area contributed by atoms with Crippen LogP contribution in [0.3, 0.4) is 0 Å². The van der Waals surface area contributed by atoms with Crippen molar-refractivity contribution in [3.05, 3.63) is 10.1 Å². The molecule has 10 heteroatoms. The lowest BCUT2D eigenvalue weighted by atomic mass is 9.92. The molecule has 0 amide bonds. The first-order valence-electron chi connectivity index (χ1n) is 8.41. The van der Waals surface area contributed by atoms with Gasteiger partial charge in [-0.25, -0.2) is 0 Å². The third kappa shape index (κ3) is 5.13. The SMILES string of the molecule is C[C@@H]1C[C@H](C)CN(c2nc(NCCOCCO)nc(N)c2[N+](=O)[O-])C1. The Hall–Kier alpha value is -2.20. The predicted octanol–water partition coefficient (Wildman–Crippen LogP) is 0.870. The Balaban J connectivity index is 2.21. The fourth-order valence-electron chi connectivity index (χ4n) is 3.17. The highest BCUT2D eigenvalue weighted by Crippen LogP contribution is 2.35. The van der Waals surface area contributed by atoms with E-state index in [4.69, 9.17) is 15.6 Å². The summed E-state index contributed by atoms with van der Waals surface area (Å²) >= 11 is 0. The molecule has 0 spiro atoms. The molecule has 0 radical (unpaired) electrons. The second kappa shape index (κ2) is 8.77. The Bertz CT molecular complexity index is 590. The molecule has 140 valence electrons. The van der Waals surface area contributed by atoms with Crippen LogP contribution < -0.4 is 16.0 Å². The van der Waals surface area contributed by atoms with E-state index in [-0.39, 0.29) is 36.5 Å². The Morgan fingerprint density at radius 2 is 2.04 bits per heavy atom. The van der Waals surface area contributed by atoms with Crippen LogP contribution in [0.25, 0.3) is 0 Å². The van der Waals surface area contributed by atoms with Gasteiger partial charge >= 0.3 is 5.69 Å². The molecule has 0 aromatic carbocycles. The van der Waals surface area contributed by atoms with E-state index in [1.807, 2.05) is 4.90 Å². The molecule has 1 aromatic rings. The van der Waals surface area contributed by atoms with Crippen molar-refractivity contribution in [2.24, 2.45) is 11.8 Å². The second-order valence-corrected chi connectivity index (χ2v) is 6.48. The van der Waals surface area contributed by atoms with E-state index in [1.54, 1.807) is 0 Å². The van der Waals surface area contributed by atoms with Crippen LogP contribution >= 0.6 is 0 Å². The summed E-state index contributed by atoms with van der Waals surface area (Å²) in [4.78, 5) is 21.2. The van der Waals surface area contributed by atoms with Crippen molar-refractivity contribution in [3.8, 4) is 0 Å². The van der Waals surface area contributed by atoms with Crippen molar-refractivity contribution in [3.63, 3.8) is 0 Å². The van der Waals surface area contributed by atoms with Gasteiger partial charge in [-0.05, 0) is 18.3 Å². The molecule has 0 bridgehead atoms. The lowest BCUT2D eigenvalue weighted by molar-refractivity contribution is -0.383. The highest BCUT2D eigenvalue weighted by Gasteiger charge is 2.31. The van der Waals surface area contributed by atoms with Gasteiger partial charge < -0.3 is 25.8 Å². The van der Waals surface area contributed by atoms with Crippen LogP contribution in [0, 0.1) is 22.0 Å². The van der Waals surface area contributed by atoms with Crippen molar-refractivity contribution in [2.75, 3.05) is 55.4 Å². The van der Waals surface area contributed by atoms with Crippen molar-refractivity contribution in [2.45, 2.75) is 20.3 Å². The first kappa shape index (κ1) is 19.1. The molecule has 10 nitrogen and oxygen atoms in total. The van der Waals surface area contributed by atoms with E-state index < -0.39 is 4.92 Å². The van der Waals surface area contributed by atoms with Gasteiger partial charge in [0.15, 0.2) is 0 Å². The van der Waals surface area contributed by atoms with Crippen LogP contribution in [0.2, 0.25) is 0 Å². The summed E-state index contributed by atoms with van der Waals surface area (Å²) in [6.07, 6.45) is 1.08. The molecule has 1 aromatic heterocycles. The zero-order chi connectivity index (χ0) is 18.4. The second-order valence-electron chi connectivity index (χ2n) is 6.48. The molecule has 1 saturated heterocycles. The summed E-state index contributed by atoms with van der Waals surface area (Å²) < 4.78 is 5.15. The Kier molecular flexibility index (Phi) is 6.71. The highest BCUT2D eigenvalue weighted by atomic mass is 16.6. The molecule has 2 atom stereocenters. The summed E-state index contributed by atoms with van der Waals surface area (Å²) in [6.45, 7) is 6.60.